The molecule has 0 unspecified atom stereocenters. The van der Waals surface area contributed by atoms with Crippen LogP contribution in [0.2, 0.25) is 5.02 Å². The van der Waals surface area contributed by atoms with E-state index in [1.807, 2.05) is 36.4 Å². The predicted molar refractivity (Wildman–Crippen MR) is 108 cm³/mol. The van der Waals surface area contributed by atoms with Gasteiger partial charge >= 0.3 is 0 Å². The first-order chi connectivity index (χ1) is 11.9. The van der Waals surface area contributed by atoms with E-state index in [-0.39, 0.29) is 11.3 Å². The fourth-order valence-electron chi connectivity index (χ4n) is 2.15. The Morgan fingerprint density at radius 2 is 1.84 bits per heavy atom. The van der Waals surface area contributed by atoms with Crippen LogP contribution in [0.5, 0.6) is 0 Å². The zero-order valence-corrected chi connectivity index (χ0v) is 16.3. The second-order valence-electron chi connectivity index (χ2n) is 6.75. The Bertz CT molecular complexity index is 736. The summed E-state index contributed by atoms with van der Waals surface area (Å²) in [4.78, 5) is 11.8. The number of hydrogen-bond acceptors (Lipinski definition) is 3. The minimum absolute atomic E-state index is 0.125. The van der Waals surface area contributed by atoms with Crippen molar-refractivity contribution in [2.45, 2.75) is 31.9 Å². The van der Waals surface area contributed by atoms with Gasteiger partial charge in [-0.2, -0.15) is 5.10 Å². The Hall–Kier alpha value is -1.78. The zero-order chi connectivity index (χ0) is 18.3. The molecule has 0 aliphatic rings. The van der Waals surface area contributed by atoms with Gasteiger partial charge in [-0.1, -0.05) is 74.8 Å². The van der Waals surface area contributed by atoms with Crippen molar-refractivity contribution in [3.05, 3.63) is 70.2 Å². The Balaban J connectivity index is 1.76. The van der Waals surface area contributed by atoms with E-state index in [1.165, 1.54) is 17.3 Å². The van der Waals surface area contributed by atoms with Crippen LogP contribution in [-0.2, 0) is 16.0 Å². The van der Waals surface area contributed by atoms with Crippen LogP contribution in [0.4, 0.5) is 0 Å². The number of carbonyl (C=O) groups is 1. The summed E-state index contributed by atoms with van der Waals surface area (Å²) in [6.45, 7) is 6.53. The summed E-state index contributed by atoms with van der Waals surface area (Å²) in [6, 6.07) is 15.8. The number of hydrogen-bond donors (Lipinski definition) is 1. The molecule has 1 amide bonds. The van der Waals surface area contributed by atoms with Gasteiger partial charge in [0.2, 0.25) is 5.91 Å². The molecule has 0 radical (unpaired) electrons. The van der Waals surface area contributed by atoms with E-state index in [2.05, 4.69) is 43.4 Å². The molecule has 0 aliphatic heterocycles. The molecule has 2 rings (SSSR count). The SMILES string of the molecule is CC(C)(C)c1ccc(/C=N\NC(=O)CSCc2ccccc2Cl)cc1. The highest BCUT2D eigenvalue weighted by Crippen LogP contribution is 2.22. The van der Waals surface area contributed by atoms with Crippen LogP contribution < -0.4 is 5.43 Å². The van der Waals surface area contributed by atoms with E-state index in [1.54, 1.807) is 6.21 Å². The van der Waals surface area contributed by atoms with E-state index < -0.39 is 0 Å². The van der Waals surface area contributed by atoms with Crippen molar-refractivity contribution in [3.63, 3.8) is 0 Å². The first-order valence-electron chi connectivity index (χ1n) is 8.10. The molecule has 0 spiro atoms. The lowest BCUT2D eigenvalue weighted by Crippen LogP contribution is -2.19. The summed E-state index contributed by atoms with van der Waals surface area (Å²) in [6.07, 6.45) is 1.66. The number of rotatable bonds is 6. The highest BCUT2D eigenvalue weighted by molar-refractivity contribution is 7.99. The number of benzene rings is 2. The maximum Gasteiger partial charge on any atom is 0.250 e. The van der Waals surface area contributed by atoms with Crippen molar-refractivity contribution < 1.29 is 4.79 Å². The van der Waals surface area contributed by atoms with Crippen molar-refractivity contribution in [1.82, 2.24) is 5.43 Å². The second-order valence-corrected chi connectivity index (χ2v) is 8.14. The third-order valence-corrected chi connectivity index (χ3v) is 4.98. The van der Waals surface area contributed by atoms with Gasteiger partial charge in [0.15, 0.2) is 0 Å². The standard InChI is InChI=1S/C20H23ClN2OS/c1-20(2,3)17-10-8-15(9-11-17)12-22-23-19(24)14-25-13-16-6-4-5-7-18(16)21/h4-12H,13-14H2,1-3H3,(H,23,24)/b22-12-. The lowest BCUT2D eigenvalue weighted by Gasteiger charge is -2.18. The highest BCUT2D eigenvalue weighted by Gasteiger charge is 2.12. The van der Waals surface area contributed by atoms with E-state index in [4.69, 9.17) is 11.6 Å². The first kappa shape index (κ1) is 19.5. The number of halogens is 1. The van der Waals surface area contributed by atoms with Crippen LogP contribution in [0.25, 0.3) is 0 Å². The summed E-state index contributed by atoms with van der Waals surface area (Å²) in [5, 5.41) is 4.74. The molecular formula is C20H23ClN2OS. The first-order valence-corrected chi connectivity index (χ1v) is 9.63. The fraction of sp³-hybridized carbons (Fsp3) is 0.300. The molecule has 2 aromatic carbocycles. The Labute approximate surface area is 158 Å². The van der Waals surface area contributed by atoms with Crippen LogP contribution in [0.1, 0.15) is 37.5 Å². The average Bonchev–Trinajstić information content (AvgIpc) is 2.56. The molecule has 0 aromatic heterocycles. The molecule has 25 heavy (non-hydrogen) atoms. The zero-order valence-electron chi connectivity index (χ0n) is 14.8. The number of thioether (sulfide) groups is 1. The molecule has 0 bridgehead atoms. The van der Waals surface area contributed by atoms with Crippen molar-refractivity contribution in [2.24, 2.45) is 5.10 Å². The fourth-order valence-corrected chi connectivity index (χ4v) is 3.25. The summed E-state index contributed by atoms with van der Waals surface area (Å²) >= 11 is 7.60. The molecule has 3 nitrogen and oxygen atoms in total. The maximum atomic E-state index is 11.8. The smallest absolute Gasteiger partial charge is 0.250 e. The van der Waals surface area contributed by atoms with Gasteiger partial charge in [0.25, 0.3) is 0 Å². The van der Waals surface area contributed by atoms with Gasteiger partial charge in [-0.15, -0.1) is 11.8 Å². The van der Waals surface area contributed by atoms with Gasteiger partial charge in [-0.05, 0) is 28.2 Å². The molecule has 0 atom stereocenters. The van der Waals surface area contributed by atoms with Gasteiger partial charge in [-0.3, -0.25) is 4.79 Å². The Morgan fingerprint density at radius 3 is 2.48 bits per heavy atom. The molecule has 0 saturated heterocycles. The predicted octanol–water partition coefficient (Wildman–Crippen LogP) is 5.02. The molecule has 1 N–H and O–H groups in total. The minimum Gasteiger partial charge on any atom is -0.272 e. The van der Waals surface area contributed by atoms with Gasteiger partial charge in [-0.25, -0.2) is 5.43 Å². The van der Waals surface area contributed by atoms with Crippen LogP contribution in [-0.4, -0.2) is 17.9 Å². The molecule has 132 valence electrons. The van der Waals surface area contributed by atoms with Gasteiger partial charge in [0.05, 0.1) is 12.0 Å². The molecule has 0 aliphatic carbocycles. The normalized spacial score (nSPS) is 11.7. The van der Waals surface area contributed by atoms with E-state index in [0.29, 0.717) is 11.5 Å². The quantitative estimate of drug-likeness (QED) is 0.569. The largest absolute Gasteiger partial charge is 0.272 e. The molecule has 5 heteroatoms. The molecule has 0 saturated carbocycles. The second kappa shape index (κ2) is 9.07. The van der Waals surface area contributed by atoms with E-state index in [0.717, 1.165) is 16.1 Å². The summed E-state index contributed by atoms with van der Waals surface area (Å²) in [5.41, 5.74) is 5.94. The van der Waals surface area contributed by atoms with Gasteiger partial charge in [0, 0.05) is 10.8 Å². The number of hydrazone groups is 1. The van der Waals surface area contributed by atoms with Crippen molar-refractivity contribution >= 4 is 35.5 Å². The number of nitrogens with zero attached hydrogens (tertiary/aromatic N) is 1. The monoisotopic (exact) mass is 374 g/mol. The maximum absolute atomic E-state index is 11.8. The van der Waals surface area contributed by atoms with E-state index >= 15 is 0 Å². The van der Waals surface area contributed by atoms with Gasteiger partial charge < -0.3 is 0 Å². The van der Waals surface area contributed by atoms with Crippen LogP contribution >= 0.6 is 23.4 Å². The number of nitrogens with one attached hydrogen (secondary N) is 1. The van der Waals surface area contributed by atoms with E-state index in [9.17, 15) is 4.79 Å². The summed E-state index contributed by atoms with van der Waals surface area (Å²) < 4.78 is 0. The average molecular weight is 375 g/mol. The third-order valence-electron chi connectivity index (χ3n) is 3.63. The minimum atomic E-state index is -0.125. The van der Waals surface area contributed by atoms with Crippen LogP contribution in [0, 0.1) is 0 Å². The Morgan fingerprint density at radius 1 is 1.16 bits per heavy atom. The van der Waals surface area contributed by atoms with Crippen molar-refractivity contribution in [3.8, 4) is 0 Å². The lowest BCUT2D eigenvalue weighted by molar-refractivity contribution is -0.118. The molecular weight excluding hydrogens is 352 g/mol. The summed E-state index contributed by atoms with van der Waals surface area (Å²) in [7, 11) is 0. The lowest BCUT2D eigenvalue weighted by atomic mass is 9.87. The Kier molecular flexibility index (Phi) is 7.09. The summed E-state index contributed by atoms with van der Waals surface area (Å²) in [5.74, 6) is 0.913. The third kappa shape index (κ3) is 6.56. The van der Waals surface area contributed by atoms with Crippen LogP contribution in [0.15, 0.2) is 53.6 Å². The topological polar surface area (TPSA) is 41.5 Å². The van der Waals surface area contributed by atoms with Crippen molar-refractivity contribution in [1.29, 1.82) is 0 Å². The van der Waals surface area contributed by atoms with Crippen LogP contribution in [0.3, 0.4) is 0 Å². The highest BCUT2D eigenvalue weighted by atomic mass is 35.5. The molecule has 0 heterocycles. The van der Waals surface area contributed by atoms with Crippen molar-refractivity contribution in [2.75, 3.05) is 5.75 Å². The molecule has 2 aromatic rings. The molecule has 0 fully saturated rings. The van der Waals surface area contributed by atoms with Gasteiger partial charge in [0.1, 0.15) is 0 Å². The number of carbonyl (C=O) groups excluding carboxylic acids is 1. The number of amides is 1.